The van der Waals surface area contributed by atoms with Crippen molar-refractivity contribution >= 4 is 33.3 Å². The first-order valence-electron chi connectivity index (χ1n) is 5.52. The van der Waals surface area contributed by atoms with E-state index in [-0.39, 0.29) is 6.03 Å². The van der Waals surface area contributed by atoms with Crippen LogP contribution in [0.3, 0.4) is 0 Å². The summed E-state index contributed by atoms with van der Waals surface area (Å²) >= 11 is 3.30. The lowest BCUT2D eigenvalue weighted by Crippen LogP contribution is -2.19. The molecule has 0 aliphatic heterocycles. The summed E-state index contributed by atoms with van der Waals surface area (Å²) in [6, 6.07) is 15.8. The first-order valence-corrected chi connectivity index (χ1v) is 6.31. The molecule has 2 N–H and O–H groups in total. The number of anilines is 2. The van der Waals surface area contributed by atoms with E-state index in [1.165, 1.54) is 0 Å². The fraction of sp³-hybridized carbons (Fsp3) is 0. The molecular weight excluding hydrogens is 306 g/mol. The Bertz CT molecular complexity index is 635. The van der Waals surface area contributed by atoms with Gasteiger partial charge in [0, 0.05) is 10.2 Å². The quantitative estimate of drug-likeness (QED) is 0.880. The largest absolute Gasteiger partial charge is 0.323 e. The zero-order valence-corrected chi connectivity index (χ0v) is 11.4. The maximum Gasteiger partial charge on any atom is 0.323 e. The second-order valence-corrected chi connectivity index (χ2v) is 4.66. The van der Waals surface area contributed by atoms with E-state index < -0.39 is 0 Å². The number of nitrogens with one attached hydrogen (secondary N) is 2. The minimum Gasteiger partial charge on any atom is -0.308 e. The first kappa shape index (κ1) is 13.1. The van der Waals surface area contributed by atoms with Gasteiger partial charge >= 0.3 is 6.03 Å². The molecule has 0 spiro atoms. The molecule has 0 saturated heterocycles. The van der Waals surface area contributed by atoms with E-state index in [2.05, 4.69) is 26.6 Å². The van der Waals surface area contributed by atoms with Crippen molar-refractivity contribution in [2.24, 2.45) is 0 Å². The number of carbonyl (C=O) groups is 1. The van der Waals surface area contributed by atoms with Crippen LogP contribution < -0.4 is 10.6 Å². The summed E-state index contributed by atoms with van der Waals surface area (Å²) in [6.07, 6.45) is 0. The third-order valence-electron chi connectivity index (χ3n) is 2.38. The fourth-order valence-corrected chi connectivity index (χ4v) is 1.88. The number of halogens is 1. The van der Waals surface area contributed by atoms with E-state index in [4.69, 9.17) is 5.26 Å². The van der Waals surface area contributed by atoms with Crippen LogP contribution in [0.15, 0.2) is 53.0 Å². The van der Waals surface area contributed by atoms with Crippen molar-refractivity contribution in [3.8, 4) is 6.07 Å². The van der Waals surface area contributed by atoms with Gasteiger partial charge in [0.2, 0.25) is 0 Å². The molecule has 2 rings (SSSR count). The molecule has 2 amide bonds. The number of urea groups is 1. The highest BCUT2D eigenvalue weighted by atomic mass is 79.9. The second kappa shape index (κ2) is 6.03. The zero-order valence-electron chi connectivity index (χ0n) is 9.85. The van der Waals surface area contributed by atoms with Crippen LogP contribution in [0.2, 0.25) is 0 Å². The molecule has 0 bridgehead atoms. The van der Waals surface area contributed by atoms with Crippen molar-refractivity contribution in [2.75, 3.05) is 10.6 Å². The molecule has 0 aliphatic rings. The average molecular weight is 316 g/mol. The summed E-state index contributed by atoms with van der Waals surface area (Å²) in [5.74, 6) is 0. The maximum absolute atomic E-state index is 11.8. The molecule has 0 unspecified atom stereocenters. The number of nitrogens with zero attached hydrogens (tertiary/aromatic N) is 1. The number of hydrogen-bond donors (Lipinski definition) is 2. The Kier molecular flexibility index (Phi) is 4.16. The van der Waals surface area contributed by atoms with Crippen molar-refractivity contribution in [1.29, 1.82) is 5.26 Å². The fourth-order valence-electron chi connectivity index (χ4n) is 1.52. The van der Waals surface area contributed by atoms with Crippen LogP contribution in [0, 0.1) is 11.3 Å². The van der Waals surface area contributed by atoms with Gasteiger partial charge in [-0.2, -0.15) is 5.26 Å². The number of para-hydroxylation sites is 1. The highest BCUT2D eigenvalue weighted by Crippen LogP contribution is 2.21. The van der Waals surface area contributed by atoms with E-state index in [9.17, 15) is 4.79 Å². The highest BCUT2D eigenvalue weighted by molar-refractivity contribution is 9.10. The second-order valence-electron chi connectivity index (χ2n) is 3.75. The van der Waals surface area contributed by atoms with Crippen molar-refractivity contribution in [3.05, 3.63) is 58.6 Å². The number of hydrogen-bond acceptors (Lipinski definition) is 2. The van der Waals surface area contributed by atoms with Crippen LogP contribution in [0.25, 0.3) is 0 Å². The van der Waals surface area contributed by atoms with Gasteiger partial charge in [-0.05, 0) is 30.3 Å². The molecule has 19 heavy (non-hydrogen) atoms. The molecular formula is C14H10BrN3O. The van der Waals surface area contributed by atoms with Gasteiger partial charge in [-0.25, -0.2) is 4.79 Å². The third-order valence-corrected chi connectivity index (χ3v) is 2.88. The number of rotatable bonds is 2. The number of amides is 2. The predicted octanol–water partition coefficient (Wildman–Crippen LogP) is 3.96. The summed E-state index contributed by atoms with van der Waals surface area (Å²) < 4.78 is 0.793. The number of nitriles is 1. The van der Waals surface area contributed by atoms with Crippen LogP contribution in [-0.2, 0) is 0 Å². The molecule has 0 radical (unpaired) electrons. The Hall–Kier alpha value is -2.32. The molecule has 0 aliphatic carbocycles. The van der Waals surface area contributed by atoms with E-state index in [0.717, 1.165) is 4.47 Å². The summed E-state index contributed by atoms with van der Waals surface area (Å²) in [5, 5.41) is 14.3. The van der Waals surface area contributed by atoms with Gasteiger partial charge in [0.1, 0.15) is 6.07 Å². The van der Waals surface area contributed by atoms with E-state index >= 15 is 0 Å². The zero-order chi connectivity index (χ0) is 13.7. The topological polar surface area (TPSA) is 64.9 Å². The molecule has 94 valence electrons. The standard InChI is InChI=1S/C14H10BrN3O/c15-11-7-6-10(9-16)13(8-11)18-14(19)17-12-4-2-1-3-5-12/h1-8H,(H2,17,18,19). The maximum atomic E-state index is 11.8. The Labute approximate surface area is 119 Å². The average Bonchev–Trinajstić information content (AvgIpc) is 2.40. The predicted molar refractivity (Wildman–Crippen MR) is 77.9 cm³/mol. The molecule has 2 aromatic rings. The third kappa shape index (κ3) is 3.57. The Morgan fingerprint density at radius 2 is 1.84 bits per heavy atom. The molecule has 4 nitrogen and oxygen atoms in total. The van der Waals surface area contributed by atoms with E-state index in [1.54, 1.807) is 30.3 Å². The lowest BCUT2D eigenvalue weighted by Gasteiger charge is -2.09. The van der Waals surface area contributed by atoms with Crippen molar-refractivity contribution in [1.82, 2.24) is 0 Å². The highest BCUT2D eigenvalue weighted by Gasteiger charge is 2.07. The monoisotopic (exact) mass is 315 g/mol. The van der Waals surface area contributed by atoms with Gasteiger partial charge < -0.3 is 10.6 Å². The summed E-state index contributed by atoms with van der Waals surface area (Å²) in [7, 11) is 0. The van der Waals surface area contributed by atoms with Gasteiger partial charge in [-0.3, -0.25) is 0 Å². The molecule has 0 fully saturated rings. The van der Waals surface area contributed by atoms with Crippen LogP contribution in [-0.4, -0.2) is 6.03 Å². The normalized spacial score (nSPS) is 9.47. The van der Waals surface area contributed by atoms with Crippen molar-refractivity contribution < 1.29 is 4.79 Å². The van der Waals surface area contributed by atoms with Gasteiger partial charge in [0.05, 0.1) is 11.3 Å². The SMILES string of the molecule is N#Cc1ccc(Br)cc1NC(=O)Nc1ccccc1. The molecule has 2 aromatic carbocycles. The lowest BCUT2D eigenvalue weighted by molar-refractivity contribution is 0.262. The summed E-state index contributed by atoms with van der Waals surface area (Å²) in [6.45, 7) is 0. The molecule has 5 heteroatoms. The minimum absolute atomic E-state index is 0.388. The minimum atomic E-state index is -0.388. The first-order chi connectivity index (χ1) is 9.19. The smallest absolute Gasteiger partial charge is 0.308 e. The van der Waals surface area contributed by atoms with E-state index in [1.807, 2.05) is 24.3 Å². The van der Waals surface area contributed by atoms with Gasteiger partial charge in [-0.1, -0.05) is 34.1 Å². The van der Waals surface area contributed by atoms with Crippen LogP contribution in [0.5, 0.6) is 0 Å². The summed E-state index contributed by atoms with van der Waals surface area (Å²) in [4.78, 5) is 11.8. The summed E-state index contributed by atoms with van der Waals surface area (Å²) in [5.41, 5.74) is 1.56. The van der Waals surface area contributed by atoms with Gasteiger partial charge in [0.25, 0.3) is 0 Å². The Morgan fingerprint density at radius 3 is 2.53 bits per heavy atom. The van der Waals surface area contributed by atoms with Crippen LogP contribution in [0.1, 0.15) is 5.56 Å². The molecule has 0 atom stereocenters. The van der Waals surface area contributed by atoms with Crippen molar-refractivity contribution in [3.63, 3.8) is 0 Å². The van der Waals surface area contributed by atoms with Crippen molar-refractivity contribution in [2.45, 2.75) is 0 Å². The van der Waals surface area contributed by atoms with E-state index in [0.29, 0.717) is 16.9 Å². The van der Waals surface area contributed by atoms with Gasteiger partial charge in [0.15, 0.2) is 0 Å². The molecule has 0 heterocycles. The molecule has 0 aromatic heterocycles. The number of carbonyl (C=O) groups excluding carboxylic acids is 1. The molecule has 0 saturated carbocycles. The van der Waals surface area contributed by atoms with Gasteiger partial charge in [-0.15, -0.1) is 0 Å². The van der Waals surface area contributed by atoms with Crippen LogP contribution in [0.4, 0.5) is 16.2 Å². The Balaban J connectivity index is 2.11. The van der Waals surface area contributed by atoms with Crippen LogP contribution >= 0.6 is 15.9 Å². The number of benzene rings is 2. The lowest BCUT2D eigenvalue weighted by atomic mass is 10.2. The Morgan fingerprint density at radius 1 is 1.11 bits per heavy atom.